The molecule has 0 heterocycles. The van der Waals surface area contributed by atoms with Crippen LogP contribution in [0, 0.1) is 0 Å². The summed E-state index contributed by atoms with van der Waals surface area (Å²) < 4.78 is 0. The highest BCUT2D eigenvalue weighted by molar-refractivity contribution is 5.79. The molecule has 1 aliphatic rings. The van der Waals surface area contributed by atoms with Crippen molar-refractivity contribution in [2.45, 2.75) is 31.2 Å². The first kappa shape index (κ1) is 9.48. The molecule has 0 aromatic heterocycles. The second-order valence-electron chi connectivity index (χ2n) is 3.31. The van der Waals surface area contributed by atoms with E-state index in [4.69, 9.17) is 10.8 Å². The Morgan fingerprint density at radius 1 is 1.50 bits per heavy atom. The van der Waals surface area contributed by atoms with Gasteiger partial charge in [0.2, 0.25) is 0 Å². The van der Waals surface area contributed by atoms with Crippen molar-refractivity contribution in [1.82, 2.24) is 5.32 Å². The highest BCUT2D eigenvalue weighted by Gasteiger charge is 2.40. The Hall–Kier alpha value is -0.610. The molecular formula is C8H16N2O2. The van der Waals surface area contributed by atoms with Crippen molar-refractivity contribution in [2.24, 2.45) is 5.73 Å². The first-order valence-corrected chi connectivity index (χ1v) is 4.40. The SMILES string of the molecule is NCCNC1(C(=O)O)CCCC1. The number of carboxylic acids is 1. The van der Waals surface area contributed by atoms with Crippen molar-refractivity contribution in [2.75, 3.05) is 13.1 Å². The van der Waals surface area contributed by atoms with Crippen LogP contribution in [0.2, 0.25) is 0 Å². The molecule has 1 aliphatic carbocycles. The van der Waals surface area contributed by atoms with Crippen LogP contribution in [0.4, 0.5) is 0 Å². The van der Waals surface area contributed by atoms with Crippen LogP contribution in [-0.2, 0) is 4.79 Å². The van der Waals surface area contributed by atoms with E-state index in [9.17, 15) is 4.79 Å². The van der Waals surface area contributed by atoms with Gasteiger partial charge in [-0.3, -0.25) is 4.79 Å². The highest BCUT2D eigenvalue weighted by Crippen LogP contribution is 2.29. The third kappa shape index (κ3) is 1.76. The van der Waals surface area contributed by atoms with Crippen LogP contribution in [-0.4, -0.2) is 29.7 Å². The van der Waals surface area contributed by atoms with Crippen LogP contribution in [0.1, 0.15) is 25.7 Å². The van der Waals surface area contributed by atoms with Crippen LogP contribution in [0.5, 0.6) is 0 Å². The first-order valence-electron chi connectivity index (χ1n) is 4.40. The average Bonchev–Trinajstić information content (AvgIpc) is 2.50. The standard InChI is InChI=1S/C8H16N2O2/c9-5-6-10-8(7(11)12)3-1-2-4-8/h10H,1-6,9H2,(H,11,12). The quantitative estimate of drug-likeness (QED) is 0.555. The minimum absolute atomic E-state index is 0.495. The number of hydrogen-bond donors (Lipinski definition) is 3. The zero-order chi connectivity index (χ0) is 9.03. The summed E-state index contributed by atoms with van der Waals surface area (Å²) in [5, 5.41) is 12.0. The third-order valence-corrected chi connectivity index (χ3v) is 2.47. The molecule has 1 saturated carbocycles. The van der Waals surface area contributed by atoms with Gasteiger partial charge in [0.25, 0.3) is 0 Å². The Balaban J connectivity index is 2.53. The van der Waals surface area contributed by atoms with Gasteiger partial charge in [0.15, 0.2) is 0 Å². The van der Waals surface area contributed by atoms with Crippen LogP contribution in [0.3, 0.4) is 0 Å². The summed E-state index contributed by atoms with van der Waals surface area (Å²) >= 11 is 0. The van der Waals surface area contributed by atoms with Gasteiger partial charge in [-0.25, -0.2) is 0 Å². The summed E-state index contributed by atoms with van der Waals surface area (Å²) in [5.74, 6) is -0.728. The van der Waals surface area contributed by atoms with Crippen molar-refractivity contribution < 1.29 is 9.90 Å². The van der Waals surface area contributed by atoms with E-state index < -0.39 is 11.5 Å². The van der Waals surface area contributed by atoms with Crippen molar-refractivity contribution >= 4 is 5.97 Å². The smallest absolute Gasteiger partial charge is 0.323 e. The van der Waals surface area contributed by atoms with Crippen molar-refractivity contribution in [3.63, 3.8) is 0 Å². The van der Waals surface area contributed by atoms with Gasteiger partial charge in [-0.1, -0.05) is 12.8 Å². The fraction of sp³-hybridized carbons (Fsp3) is 0.875. The number of nitrogens with one attached hydrogen (secondary N) is 1. The Kier molecular flexibility index (Phi) is 3.05. The van der Waals surface area contributed by atoms with Gasteiger partial charge in [0.1, 0.15) is 5.54 Å². The Morgan fingerprint density at radius 2 is 2.08 bits per heavy atom. The minimum Gasteiger partial charge on any atom is -0.480 e. The fourth-order valence-corrected chi connectivity index (χ4v) is 1.76. The molecule has 0 saturated heterocycles. The van der Waals surface area contributed by atoms with E-state index in [1.807, 2.05) is 0 Å². The topological polar surface area (TPSA) is 75.3 Å². The molecule has 4 nitrogen and oxygen atoms in total. The molecule has 0 amide bonds. The molecule has 0 bridgehead atoms. The van der Waals surface area contributed by atoms with E-state index in [1.165, 1.54) is 0 Å². The molecule has 70 valence electrons. The molecule has 1 fully saturated rings. The number of aliphatic carboxylic acids is 1. The maximum atomic E-state index is 10.9. The Bertz CT molecular complexity index is 164. The van der Waals surface area contributed by atoms with Gasteiger partial charge in [-0.15, -0.1) is 0 Å². The maximum absolute atomic E-state index is 10.9. The van der Waals surface area contributed by atoms with Crippen LogP contribution in [0.15, 0.2) is 0 Å². The Labute approximate surface area is 72.1 Å². The summed E-state index contributed by atoms with van der Waals surface area (Å²) in [4.78, 5) is 10.9. The monoisotopic (exact) mass is 172 g/mol. The molecule has 4 heteroatoms. The van der Waals surface area contributed by atoms with Crippen LogP contribution < -0.4 is 11.1 Å². The molecule has 12 heavy (non-hydrogen) atoms. The van der Waals surface area contributed by atoms with Gasteiger partial charge in [-0.05, 0) is 12.8 Å². The van der Waals surface area contributed by atoms with Gasteiger partial charge in [0, 0.05) is 13.1 Å². The predicted octanol–water partition coefficient (Wildman–Crippen LogP) is -0.0679. The minimum atomic E-state index is -0.728. The average molecular weight is 172 g/mol. The molecule has 0 unspecified atom stereocenters. The number of carbonyl (C=O) groups is 1. The molecule has 0 atom stereocenters. The lowest BCUT2D eigenvalue weighted by molar-refractivity contribution is -0.144. The van der Waals surface area contributed by atoms with Crippen molar-refractivity contribution in [1.29, 1.82) is 0 Å². The lowest BCUT2D eigenvalue weighted by Gasteiger charge is -2.24. The highest BCUT2D eigenvalue weighted by atomic mass is 16.4. The van der Waals surface area contributed by atoms with Gasteiger partial charge >= 0.3 is 5.97 Å². The molecule has 0 radical (unpaired) electrons. The molecule has 0 spiro atoms. The lowest BCUT2D eigenvalue weighted by Crippen LogP contribution is -2.51. The zero-order valence-corrected chi connectivity index (χ0v) is 7.18. The normalized spacial score (nSPS) is 21.1. The zero-order valence-electron chi connectivity index (χ0n) is 7.18. The summed E-state index contributed by atoms with van der Waals surface area (Å²) in [6, 6.07) is 0. The van der Waals surface area contributed by atoms with E-state index in [1.54, 1.807) is 0 Å². The van der Waals surface area contributed by atoms with Crippen molar-refractivity contribution in [3.05, 3.63) is 0 Å². The lowest BCUT2D eigenvalue weighted by atomic mass is 9.98. The molecule has 1 rings (SSSR count). The maximum Gasteiger partial charge on any atom is 0.323 e. The van der Waals surface area contributed by atoms with Crippen LogP contribution in [0.25, 0.3) is 0 Å². The third-order valence-electron chi connectivity index (χ3n) is 2.47. The summed E-state index contributed by atoms with van der Waals surface area (Å²) in [6.45, 7) is 1.08. The molecular weight excluding hydrogens is 156 g/mol. The molecule has 4 N–H and O–H groups in total. The van der Waals surface area contributed by atoms with E-state index in [0.717, 1.165) is 25.7 Å². The molecule has 0 aromatic rings. The van der Waals surface area contributed by atoms with Crippen molar-refractivity contribution in [3.8, 4) is 0 Å². The fourth-order valence-electron chi connectivity index (χ4n) is 1.76. The van der Waals surface area contributed by atoms with Crippen LogP contribution >= 0.6 is 0 Å². The number of rotatable bonds is 4. The summed E-state index contributed by atoms with van der Waals surface area (Å²) in [7, 11) is 0. The first-order chi connectivity index (χ1) is 5.71. The Morgan fingerprint density at radius 3 is 2.50 bits per heavy atom. The summed E-state index contributed by atoms with van der Waals surface area (Å²) in [5.41, 5.74) is 4.64. The van der Waals surface area contributed by atoms with Gasteiger partial charge < -0.3 is 16.2 Å². The second-order valence-corrected chi connectivity index (χ2v) is 3.31. The summed E-state index contributed by atoms with van der Waals surface area (Å²) in [6.07, 6.45) is 3.48. The number of carboxylic acid groups (broad SMARTS) is 1. The molecule has 0 aliphatic heterocycles. The number of hydrogen-bond acceptors (Lipinski definition) is 3. The van der Waals surface area contributed by atoms with E-state index in [0.29, 0.717) is 13.1 Å². The second kappa shape index (κ2) is 3.87. The molecule has 0 aromatic carbocycles. The van der Waals surface area contributed by atoms with Gasteiger partial charge in [0.05, 0.1) is 0 Å². The van der Waals surface area contributed by atoms with E-state index in [-0.39, 0.29) is 0 Å². The predicted molar refractivity (Wildman–Crippen MR) is 45.9 cm³/mol. The van der Waals surface area contributed by atoms with Gasteiger partial charge in [-0.2, -0.15) is 0 Å². The number of nitrogens with two attached hydrogens (primary N) is 1. The largest absolute Gasteiger partial charge is 0.480 e. The van der Waals surface area contributed by atoms with E-state index in [2.05, 4.69) is 5.32 Å². The van der Waals surface area contributed by atoms with E-state index >= 15 is 0 Å².